The second-order valence-corrected chi connectivity index (χ2v) is 5.54. The Bertz CT molecular complexity index is 629. The van der Waals surface area contributed by atoms with E-state index in [1.165, 1.54) is 0 Å². The number of rotatable bonds is 8. The number of nitrogens with one attached hydrogen (secondary N) is 2. The Kier molecular flexibility index (Phi) is 6.91. The molecule has 2 rings (SSSR count). The van der Waals surface area contributed by atoms with Gasteiger partial charge in [-0.1, -0.05) is 49.2 Å². The summed E-state index contributed by atoms with van der Waals surface area (Å²) in [5, 5.41) is 0.431. The molecule has 0 aliphatic heterocycles. The first-order valence-corrected chi connectivity index (χ1v) is 8.08. The summed E-state index contributed by atoms with van der Waals surface area (Å²) >= 11 is 5.98. The molecule has 0 heterocycles. The normalized spacial score (nSPS) is 10.3. The van der Waals surface area contributed by atoms with Gasteiger partial charge in [0.25, 0.3) is 5.91 Å². The third-order valence-corrected chi connectivity index (χ3v) is 3.63. The average Bonchev–Trinajstić information content (AvgIpc) is 2.57. The molecule has 2 N–H and O–H groups in total. The van der Waals surface area contributed by atoms with Crippen LogP contribution in [0.3, 0.4) is 0 Å². The van der Waals surface area contributed by atoms with Gasteiger partial charge in [-0.05, 0) is 36.2 Å². The highest BCUT2D eigenvalue weighted by atomic mass is 35.5. The summed E-state index contributed by atoms with van der Waals surface area (Å²) in [6.45, 7) is 3.39. The summed E-state index contributed by atoms with van der Waals surface area (Å²) in [7, 11) is 0. The monoisotopic (exact) mass is 332 g/mol. The molecular weight excluding hydrogens is 312 g/mol. The van der Waals surface area contributed by atoms with Crippen LogP contribution in [-0.2, 0) is 6.54 Å². The zero-order valence-corrected chi connectivity index (χ0v) is 13.9. The molecule has 2 aromatic rings. The van der Waals surface area contributed by atoms with Gasteiger partial charge in [0.2, 0.25) is 0 Å². The van der Waals surface area contributed by atoms with Crippen molar-refractivity contribution in [1.82, 2.24) is 10.9 Å². The van der Waals surface area contributed by atoms with Crippen molar-refractivity contribution in [1.29, 1.82) is 0 Å². The van der Waals surface area contributed by atoms with E-state index in [0.717, 1.165) is 30.8 Å². The van der Waals surface area contributed by atoms with Crippen molar-refractivity contribution in [3.8, 4) is 5.75 Å². The highest BCUT2D eigenvalue weighted by molar-refractivity contribution is 6.33. The maximum absolute atomic E-state index is 12.0. The molecular formula is C18H21ClN2O2. The average molecular weight is 333 g/mol. The molecule has 23 heavy (non-hydrogen) atoms. The number of amides is 1. The molecule has 0 fully saturated rings. The molecule has 0 aliphatic carbocycles. The van der Waals surface area contributed by atoms with Crippen LogP contribution in [-0.4, -0.2) is 12.5 Å². The van der Waals surface area contributed by atoms with Crippen LogP contribution in [0, 0.1) is 0 Å². The first kappa shape index (κ1) is 17.3. The van der Waals surface area contributed by atoms with Crippen LogP contribution in [0.2, 0.25) is 5.02 Å². The van der Waals surface area contributed by atoms with Crippen LogP contribution < -0.4 is 15.6 Å². The zero-order valence-electron chi connectivity index (χ0n) is 13.1. The van der Waals surface area contributed by atoms with E-state index in [1.54, 1.807) is 24.3 Å². The SMILES string of the molecule is CCCCOc1ccc(CNNC(=O)c2ccccc2Cl)cc1. The minimum atomic E-state index is -0.255. The van der Waals surface area contributed by atoms with Crippen LogP contribution in [0.4, 0.5) is 0 Å². The van der Waals surface area contributed by atoms with E-state index in [-0.39, 0.29) is 5.91 Å². The van der Waals surface area contributed by atoms with Crippen molar-refractivity contribution < 1.29 is 9.53 Å². The van der Waals surface area contributed by atoms with Gasteiger partial charge in [0, 0.05) is 6.54 Å². The lowest BCUT2D eigenvalue weighted by atomic mass is 10.2. The molecule has 0 saturated heterocycles. The van der Waals surface area contributed by atoms with Gasteiger partial charge >= 0.3 is 0 Å². The smallest absolute Gasteiger partial charge is 0.266 e. The van der Waals surface area contributed by atoms with Crippen molar-refractivity contribution in [2.75, 3.05) is 6.61 Å². The minimum Gasteiger partial charge on any atom is -0.494 e. The van der Waals surface area contributed by atoms with Crippen LogP contribution >= 0.6 is 11.6 Å². The third kappa shape index (κ3) is 5.58. The summed E-state index contributed by atoms with van der Waals surface area (Å²) in [5.41, 5.74) is 7.03. The number of carbonyl (C=O) groups excluding carboxylic acids is 1. The molecule has 122 valence electrons. The summed E-state index contributed by atoms with van der Waals surface area (Å²) in [6, 6.07) is 14.7. The maximum atomic E-state index is 12.0. The minimum absolute atomic E-state index is 0.255. The lowest BCUT2D eigenvalue weighted by molar-refractivity contribution is 0.0932. The van der Waals surface area contributed by atoms with E-state index in [1.807, 2.05) is 24.3 Å². The fraction of sp³-hybridized carbons (Fsp3) is 0.278. The number of ether oxygens (including phenoxy) is 1. The molecule has 0 saturated carbocycles. The Labute approximate surface area is 141 Å². The Morgan fingerprint density at radius 2 is 1.87 bits per heavy atom. The number of hydrazine groups is 1. The van der Waals surface area contributed by atoms with Crippen LogP contribution in [0.15, 0.2) is 48.5 Å². The summed E-state index contributed by atoms with van der Waals surface area (Å²) in [5.74, 6) is 0.609. The third-order valence-electron chi connectivity index (χ3n) is 3.30. The van der Waals surface area contributed by atoms with Gasteiger partial charge in [-0.15, -0.1) is 0 Å². The van der Waals surface area contributed by atoms with E-state index in [2.05, 4.69) is 17.8 Å². The number of hydrogen-bond donors (Lipinski definition) is 2. The lowest BCUT2D eigenvalue weighted by Gasteiger charge is -2.09. The molecule has 0 spiro atoms. The number of hydrogen-bond acceptors (Lipinski definition) is 3. The number of benzene rings is 2. The Morgan fingerprint density at radius 1 is 1.13 bits per heavy atom. The highest BCUT2D eigenvalue weighted by Gasteiger charge is 2.08. The lowest BCUT2D eigenvalue weighted by Crippen LogP contribution is -2.36. The molecule has 0 aromatic heterocycles. The molecule has 5 heteroatoms. The summed E-state index contributed by atoms with van der Waals surface area (Å²) < 4.78 is 5.61. The predicted octanol–water partition coefficient (Wildman–Crippen LogP) is 3.95. The van der Waals surface area contributed by atoms with Crippen molar-refractivity contribution in [2.45, 2.75) is 26.3 Å². The van der Waals surface area contributed by atoms with Gasteiger partial charge in [-0.2, -0.15) is 0 Å². The molecule has 0 bridgehead atoms. The largest absolute Gasteiger partial charge is 0.494 e. The maximum Gasteiger partial charge on any atom is 0.266 e. The zero-order chi connectivity index (χ0) is 16.5. The Hall–Kier alpha value is -2.04. The Morgan fingerprint density at radius 3 is 2.57 bits per heavy atom. The van der Waals surface area contributed by atoms with E-state index in [4.69, 9.17) is 16.3 Å². The Balaban J connectivity index is 1.78. The highest BCUT2D eigenvalue weighted by Crippen LogP contribution is 2.14. The van der Waals surface area contributed by atoms with Gasteiger partial charge in [-0.25, -0.2) is 5.43 Å². The topological polar surface area (TPSA) is 50.4 Å². The van der Waals surface area contributed by atoms with Crippen LogP contribution in [0.5, 0.6) is 5.75 Å². The molecule has 0 aliphatic rings. The second-order valence-electron chi connectivity index (χ2n) is 5.13. The van der Waals surface area contributed by atoms with Gasteiger partial charge in [0.1, 0.15) is 5.75 Å². The van der Waals surface area contributed by atoms with Crippen molar-refractivity contribution in [3.63, 3.8) is 0 Å². The fourth-order valence-electron chi connectivity index (χ4n) is 1.98. The standard InChI is InChI=1S/C18H21ClN2O2/c1-2-3-12-23-15-10-8-14(9-11-15)13-20-21-18(22)16-6-4-5-7-17(16)19/h4-11,20H,2-3,12-13H2,1H3,(H,21,22). The van der Waals surface area contributed by atoms with E-state index >= 15 is 0 Å². The first-order chi connectivity index (χ1) is 11.2. The van der Waals surface area contributed by atoms with E-state index in [9.17, 15) is 4.79 Å². The summed E-state index contributed by atoms with van der Waals surface area (Å²) in [6.07, 6.45) is 2.17. The van der Waals surface area contributed by atoms with Gasteiger partial charge in [0.05, 0.1) is 17.2 Å². The van der Waals surface area contributed by atoms with Gasteiger partial charge < -0.3 is 4.74 Å². The molecule has 0 radical (unpaired) electrons. The van der Waals surface area contributed by atoms with Crippen LogP contribution in [0.25, 0.3) is 0 Å². The number of unbranched alkanes of at least 4 members (excludes halogenated alkanes) is 1. The van der Waals surface area contributed by atoms with E-state index < -0.39 is 0 Å². The van der Waals surface area contributed by atoms with Gasteiger partial charge in [0.15, 0.2) is 0 Å². The van der Waals surface area contributed by atoms with Crippen LogP contribution in [0.1, 0.15) is 35.7 Å². The molecule has 4 nitrogen and oxygen atoms in total. The molecule has 1 amide bonds. The number of halogens is 1. The molecule has 0 atom stereocenters. The van der Waals surface area contributed by atoms with Crippen molar-refractivity contribution in [3.05, 3.63) is 64.7 Å². The van der Waals surface area contributed by atoms with Crippen molar-refractivity contribution >= 4 is 17.5 Å². The fourth-order valence-corrected chi connectivity index (χ4v) is 2.20. The number of carbonyl (C=O) groups is 1. The molecule has 0 unspecified atom stereocenters. The van der Waals surface area contributed by atoms with E-state index in [0.29, 0.717) is 17.1 Å². The molecule has 2 aromatic carbocycles. The van der Waals surface area contributed by atoms with Crippen molar-refractivity contribution in [2.24, 2.45) is 0 Å². The predicted molar refractivity (Wildman–Crippen MR) is 92.6 cm³/mol. The summed E-state index contributed by atoms with van der Waals surface area (Å²) in [4.78, 5) is 12.0. The quantitative estimate of drug-likeness (QED) is 0.568. The first-order valence-electron chi connectivity index (χ1n) is 7.70. The van der Waals surface area contributed by atoms with Gasteiger partial charge in [-0.3, -0.25) is 10.2 Å². The second kappa shape index (κ2) is 9.18.